The van der Waals surface area contributed by atoms with Crippen LogP contribution in [0.5, 0.6) is 0 Å². The van der Waals surface area contributed by atoms with Crippen molar-refractivity contribution >= 4 is 28.3 Å². The molecule has 5 heteroatoms. The van der Waals surface area contributed by atoms with Gasteiger partial charge in [0, 0.05) is 30.3 Å². The number of rotatable bonds is 7. The largest absolute Gasteiger partial charge is 0.351 e. The first kappa shape index (κ1) is 20.1. The predicted octanol–water partition coefficient (Wildman–Crippen LogP) is 3.87. The number of benzene rings is 3. The van der Waals surface area contributed by atoms with E-state index in [0.717, 1.165) is 35.0 Å². The fraction of sp³-hybridized carbons (Fsp3) is 0.280. The van der Waals surface area contributed by atoms with Gasteiger partial charge in [0.15, 0.2) is 0 Å². The molecule has 5 nitrogen and oxygen atoms in total. The molecule has 154 valence electrons. The highest BCUT2D eigenvalue weighted by Gasteiger charge is 2.44. The molecule has 2 atom stereocenters. The van der Waals surface area contributed by atoms with Crippen molar-refractivity contribution in [1.29, 1.82) is 0 Å². The Hall–Kier alpha value is -3.18. The Labute approximate surface area is 177 Å². The minimum Gasteiger partial charge on any atom is -0.351 e. The molecule has 0 unspecified atom stereocenters. The second kappa shape index (κ2) is 8.67. The Kier molecular flexibility index (Phi) is 5.81. The molecule has 0 aliphatic heterocycles. The van der Waals surface area contributed by atoms with Crippen LogP contribution < -0.4 is 10.6 Å². The zero-order chi connectivity index (χ0) is 21.1. The van der Waals surface area contributed by atoms with Gasteiger partial charge in [0.05, 0.1) is 0 Å². The van der Waals surface area contributed by atoms with E-state index in [0.29, 0.717) is 12.1 Å². The second-order valence-corrected chi connectivity index (χ2v) is 8.18. The van der Waals surface area contributed by atoms with Gasteiger partial charge in [0.1, 0.15) is 0 Å². The lowest BCUT2D eigenvalue weighted by molar-refractivity contribution is -0.117. The summed E-state index contributed by atoms with van der Waals surface area (Å²) >= 11 is 0. The number of nitrogens with one attached hydrogen (secondary N) is 2. The maximum absolute atomic E-state index is 12.7. The number of nitrogens with zero attached hydrogens (tertiary/aromatic N) is 1. The fourth-order valence-corrected chi connectivity index (χ4v) is 3.76. The van der Waals surface area contributed by atoms with Crippen molar-refractivity contribution in [3.05, 3.63) is 77.9 Å². The summed E-state index contributed by atoms with van der Waals surface area (Å²) in [5.41, 5.74) is 2.51. The van der Waals surface area contributed by atoms with Gasteiger partial charge in [0.2, 0.25) is 5.91 Å². The SMILES string of the molecule is CN(C)CCNC(=O)c1cccc([C@@H]2C[C@H]2C(=O)Nc2ccc3ccccc3c2)c1. The lowest BCUT2D eigenvalue weighted by Crippen LogP contribution is -2.31. The predicted molar refractivity (Wildman–Crippen MR) is 121 cm³/mol. The van der Waals surface area contributed by atoms with E-state index >= 15 is 0 Å². The summed E-state index contributed by atoms with van der Waals surface area (Å²) in [6, 6.07) is 21.7. The molecule has 1 aliphatic carbocycles. The molecule has 0 spiro atoms. The number of likely N-dealkylation sites (N-methyl/N-ethyl adjacent to an activating group) is 1. The van der Waals surface area contributed by atoms with Gasteiger partial charge in [-0.25, -0.2) is 0 Å². The summed E-state index contributed by atoms with van der Waals surface area (Å²) in [6.45, 7) is 1.40. The van der Waals surface area contributed by atoms with Crippen molar-refractivity contribution in [3.63, 3.8) is 0 Å². The van der Waals surface area contributed by atoms with Gasteiger partial charge in [0.25, 0.3) is 5.91 Å². The Balaban J connectivity index is 1.37. The number of fused-ring (bicyclic) bond motifs is 1. The van der Waals surface area contributed by atoms with Crippen LogP contribution >= 0.6 is 0 Å². The van der Waals surface area contributed by atoms with E-state index in [-0.39, 0.29) is 23.7 Å². The summed E-state index contributed by atoms with van der Waals surface area (Å²) in [4.78, 5) is 27.1. The highest BCUT2D eigenvalue weighted by Crippen LogP contribution is 2.48. The third-order valence-electron chi connectivity index (χ3n) is 5.57. The molecular formula is C25H27N3O2. The zero-order valence-electron chi connectivity index (χ0n) is 17.4. The fourth-order valence-electron chi connectivity index (χ4n) is 3.76. The van der Waals surface area contributed by atoms with Crippen LogP contribution in [0.1, 0.15) is 28.3 Å². The monoisotopic (exact) mass is 401 g/mol. The van der Waals surface area contributed by atoms with Crippen molar-refractivity contribution in [2.24, 2.45) is 5.92 Å². The normalized spacial score (nSPS) is 17.7. The van der Waals surface area contributed by atoms with Gasteiger partial charge >= 0.3 is 0 Å². The average Bonchev–Trinajstić information content (AvgIpc) is 3.55. The summed E-state index contributed by atoms with van der Waals surface area (Å²) in [5.74, 6) is 0.0798. The molecule has 1 saturated carbocycles. The summed E-state index contributed by atoms with van der Waals surface area (Å²) < 4.78 is 0. The van der Waals surface area contributed by atoms with Crippen molar-refractivity contribution in [1.82, 2.24) is 10.2 Å². The molecule has 0 aromatic heterocycles. The number of anilines is 1. The minimum absolute atomic E-state index is 0.0381. The lowest BCUT2D eigenvalue weighted by Gasteiger charge is -2.11. The Bertz CT molecular complexity index is 1080. The van der Waals surface area contributed by atoms with Gasteiger partial charge in [-0.2, -0.15) is 0 Å². The van der Waals surface area contributed by atoms with E-state index in [4.69, 9.17) is 0 Å². The van der Waals surface area contributed by atoms with Crippen LogP contribution in [-0.4, -0.2) is 43.9 Å². The van der Waals surface area contributed by atoms with E-state index in [9.17, 15) is 9.59 Å². The molecule has 4 rings (SSSR count). The maximum atomic E-state index is 12.7. The molecule has 3 aromatic rings. The first-order valence-corrected chi connectivity index (χ1v) is 10.3. The topological polar surface area (TPSA) is 61.4 Å². The highest BCUT2D eigenvalue weighted by atomic mass is 16.2. The number of hydrogen-bond donors (Lipinski definition) is 2. The number of carbonyl (C=O) groups is 2. The van der Waals surface area contributed by atoms with Crippen LogP contribution in [0, 0.1) is 5.92 Å². The van der Waals surface area contributed by atoms with Crippen LogP contribution in [0.15, 0.2) is 66.7 Å². The van der Waals surface area contributed by atoms with Gasteiger partial charge in [-0.15, -0.1) is 0 Å². The molecule has 0 saturated heterocycles. The molecule has 0 radical (unpaired) electrons. The van der Waals surface area contributed by atoms with Gasteiger partial charge in [-0.3, -0.25) is 9.59 Å². The molecule has 1 fully saturated rings. The van der Waals surface area contributed by atoms with Crippen LogP contribution in [0.25, 0.3) is 10.8 Å². The third kappa shape index (κ3) is 4.69. The zero-order valence-corrected chi connectivity index (χ0v) is 17.4. The van der Waals surface area contributed by atoms with Gasteiger partial charge in [-0.05, 0) is 67.0 Å². The quantitative estimate of drug-likeness (QED) is 0.632. The van der Waals surface area contributed by atoms with E-state index in [1.807, 2.05) is 79.7 Å². The van der Waals surface area contributed by atoms with Crippen molar-refractivity contribution in [2.45, 2.75) is 12.3 Å². The molecule has 1 aliphatic rings. The summed E-state index contributed by atoms with van der Waals surface area (Å²) in [5, 5.41) is 8.25. The number of carbonyl (C=O) groups excluding carboxylic acids is 2. The maximum Gasteiger partial charge on any atom is 0.251 e. The molecule has 0 bridgehead atoms. The Morgan fingerprint density at radius 1 is 0.967 bits per heavy atom. The van der Waals surface area contributed by atoms with Crippen LogP contribution in [0.4, 0.5) is 5.69 Å². The molecule has 0 heterocycles. The standard InChI is InChI=1S/C25H27N3O2/c1-28(2)13-12-26-24(29)20-9-5-8-19(14-20)22-16-23(22)25(30)27-21-11-10-17-6-3-4-7-18(17)15-21/h3-11,14-15,22-23H,12-13,16H2,1-2H3,(H,26,29)(H,27,30)/t22-,23+/m0/s1. The van der Waals surface area contributed by atoms with Gasteiger partial charge < -0.3 is 15.5 Å². The number of amides is 2. The second-order valence-electron chi connectivity index (χ2n) is 8.18. The first-order chi connectivity index (χ1) is 14.5. The van der Waals surface area contributed by atoms with E-state index < -0.39 is 0 Å². The van der Waals surface area contributed by atoms with Crippen LogP contribution in [0.3, 0.4) is 0 Å². The first-order valence-electron chi connectivity index (χ1n) is 10.3. The smallest absolute Gasteiger partial charge is 0.251 e. The Morgan fingerprint density at radius 2 is 1.77 bits per heavy atom. The molecule has 2 amide bonds. The van der Waals surface area contributed by atoms with E-state index in [1.54, 1.807) is 0 Å². The Morgan fingerprint density at radius 3 is 2.57 bits per heavy atom. The average molecular weight is 402 g/mol. The molecule has 3 aromatic carbocycles. The number of hydrogen-bond acceptors (Lipinski definition) is 3. The van der Waals surface area contributed by atoms with Crippen LogP contribution in [0.2, 0.25) is 0 Å². The van der Waals surface area contributed by atoms with Crippen LogP contribution in [-0.2, 0) is 4.79 Å². The highest BCUT2D eigenvalue weighted by molar-refractivity contribution is 5.98. The third-order valence-corrected chi connectivity index (χ3v) is 5.57. The van der Waals surface area contributed by atoms with Crippen molar-refractivity contribution in [3.8, 4) is 0 Å². The van der Waals surface area contributed by atoms with E-state index in [2.05, 4.69) is 16.7 Å². The molecular weight excluding hydrogens is 374 g/mol. The van der Waals surface area contributed by atoms with E-state index in [1.165, 1.54) is 0 Å². The minimum atomic E-state index is -0.0727. The lowest BCUT2D eigenvalue weighted by atomic mass is 10.0. The summed E-state index contributed by atoms with van der Waals surface area (Å²) in [6.07, 6.45) is 0.811. The molecule has 2 N–H and O–H groups in total. The molecule has 30 heavy (non-hydrogen) atoms. The summed E-state index contributed by atoms with van der Waals surface area (Å²) in [7, 11) is 3.95. The van der Waals surface area contributed by atoms with Crippen molar-refractivity contribution in [2.75, 3.05) is 32.5 Å². The van der Waals surface area contributed by atoms with Gasteiger partial charge in [-0.1, -0.05) is 42.5 Å². The van der Waals surface area contributed by atoms with Crippen molar-refractivity contribution < 1.29 is 9.59 Å².